The average Bonchev–Trinajstić information content (AvgIpc) is 2.70. The lowest BCUT2D eigenvalue weighted by Crippen LogP contribution is -2.39. The fraction of sp³-hybridized carbons (Fsp3) is 0.625. The molecule has 2 aliphatic rings. The van der Waals surface area contributed by atoms with Gasteiger partial charge in [0.2, 0.25) is 0 Å². The van der Waals surface area contributed by atoms with Gasteiger partial charge in [0.15, 0.2) is 11.5 Å². The maximum atomic E-state index is 6.71. The average molecular weight is 340 g/mol. The minimum Gasteiger partial charge on any atom is -0.489 e. The molecule has 0 saturated heterocycles. The second kappa shape index (κ2) is 5.57. The summed E-state index contributed by atoms with van der Waals surface area (Å²) in [6.45, 7) is 3.53. The Labute approximate surface area is 129 Å². The van der Waals surface area contributed by atoms with E-state index in [-0.39, 0.29) is 5.54 Å². The number of hydrogen-bond donors (Lipinski definition) is 1. The van der Waals surface area contributed by atoms with E-state index in [1.165, 1.54) is 24.8 Å². The highest BCUT2D eigenvalue weighted by Crippen LogP contribution is 2.46. The first-order valence-corrected chi connectivity index (χ1v) is 8.29. The van der Waals surface area contributed by atoms with Gasteiger partial charge in [-0.15, -0.1) is 0 Å². The Bertz CT molecular complexity index is 510. The Morgan fingerprint density at radius 2 is 1.70 bits per heavy atom. The maximum Gasteiger partial charge on any atom is 0.175 e. The quantitative estimate of drug-likeness (QED) is 0.839. The van der Waals surface area contributed by atoms with Crippen molar-refractivity contribution in [3.8, 4) is 11.5 Å². The number of rotatable bonds is 1. The van der Waals surface area contributed by atoms with E-state index < -0.39 is 0 Å². The maximum absolute atomic E-state index is 6.71. The van der Waals surface area contributed by atoms with Crippen LogP contribution in [0.4, 0.5) is 0 Å². The number of nitrogens with two attached hydrogens (primary N) is 1. The lowest BCUT2D eigenvalue weighted by atomic mass is 9.76. The van der Waals surface area contributed by atoms with Crippen molar-refractivity contribution in [2.24, 2.45) is 5.73 Å². The van der Waals surface area contributed by atoms with Crippen molar-refractivity contribution in [1.29, 1.82) is 0 Å². The van der Waals surface area contributed by atoms with E-state index in [4.69, 9.17) is 15.2 Å². The van der Waals surface area contributed by atoms with E-state index in [2.05, 4.69) is 28.9 Å². The first-order valence-electron chi connectivity index (χ1n) is 7.50. The van der Waals surface area contributed by atoms with Crippen molar-refractivity contribution < 1.29 is 9.47 Å². The van der Waals surface area contributed by atoms with Gasteiger partial charge in [0, 0.05) is 17.5 Å². The third kappa shape index (κ3) is 2.44. The summed E-state index contributed by atoms with van der Waals surface area (Å²) in [6.07, 6.45) is 6.75. The fourth-order valence-corrected chi connectivity index (χ4v) is 3.91. The van der Waals surface area contributed by atoms with Gasteiger partial charge >= 0.3 is 0 Å². The molecular formula is C16H22BrNO2. The molecule has 0 unspecified atom stereocenters. The van der Waals surface area contributed by atoms with E-state index in [1.807, 2.05) is 0 Å². The lowest BCUT2D eigenvalue weighted by Gasteiger charge is -2.36. The van der Waals surface area contributed by atoms with Crippen molar-refractivity contribution in [2.45, 2.75) is 51.0 Å². The molecule has 3 nitrogen and oxygen atoms in total. The summed E-state index contributed by atoms with van der Waals surface area (Å²) in [5.41, 5.74) is 8.86. The highest BCUT2D eigenvalue weighted by molar-refractivity contribution is 9.10. The molecule has 2 N–H and O–H groups in total. The number of fused-ring (bicyclic) bond motifs is 1. The first kappa shape index (κ1) is 14.2. The molecule has 0 radical (unpaired) electrons. The van der Waals surface area contributed by atoms with Crippen LogP contribution >= 0.6 is 15.9 Å². The zero-order valence-corrected chi connectivity index (χ0v) is 13.6. The predicted molar refractivity (Wildman–Crippen MR) is 83.4 cm³/mol. The van der Waals surface area contributed by atoms with E-state index in [1.54, 1.807) is 0 Å². The van der Waals surface area contributed by atoms with E-state index in [0.717, 1.165) is 40.8 Å². The van der Waals surface area contributed by atoms with E-state index >= 15 is 0 Å². The molecule has 1 heterocycles. The highest BCUT2D eigenvalue weighted by atomic mass is 79.9. The van der Waals surface area contributed by atoms with Gasteiger partial charge in [0.05, 0.1) is 17.7 Å². The Balaban J connectivity index is 2.08. The molecule has 1 aromatic rings. The first-order chi connectivity index (χ1) is 9.62. The van der Waals surface area contributed by atoms with Crippen molar-refractivity contribution in [3.05, 3.63) is 21.7 Å². The molecule has 1 aromatic carbocycles. The highest BCUT2D eigenvalue weighted by Gasteiger charge is 2.33. The van der Waals surface area contributed by atoms with Gasteiger partial charge in [-0.3, -0.25) is 0 Å². The number of benzene rings is 1. The van der Waals surface area contributed by atoms with E-state index in [9.17, 15) is 0 Å². The summed E-state index contributed by atoms with van der Waals surface area (Å²) in [7, 11) is 0. The summed E-state index contributed by atoms with van der Waals surface area (Å²) < 4.78 is 12.7. The van der Waals surface area contributed by atoms with Gasteiger partial charge in [-0.1, -0.05) is 19.3 Å². The van der Waals surface area contributed by atoms with Crippen molar-refractivity contribution in [3.63, 3.8) is 0 Å². The molecule has 1 aliphatic heterocycles. The van der Waals surface area contributed by atoms with Crippen LogP contribution in [0.15, 0.2) is 10.5 Å². The van der Waals surface area contributed by atoms with Crippen LogP contribution in [0.2, 0.25) is 0 Å². The zero-order valence-electron chi connectivity index (χ0n) is 12.0. The second-order valence-corrected chi connectivity index (χ2v) is 6.81. The molecule has 1 aliphatic carbocycles. The standard InChI is InChI=1S/C16H22BrNO2/c1-11-12(16(18)6-3-2-4-7-16)10-13(17)15-14(11)19-8-5-9-20-15/h10H,2-9,18H2,1H3. The Morgan fingerprint density at radius 1 is 1.05 bits per heavy atom. The number of hydrogen-bond acceptors (Lipinski definition) is 3. The molecule has 3 rings (SSSR count). The molecule has 4 heteroatoms. The molecule has 1 saturated carbocycles. The van der Waals surface area contributed by atoms with Crippen LogP contribution in [0.5, 0.6) is 11.5 Å². The summed E-state index contributed by atoms with van der Waals surface area (Å²) in [5, 5.41) is 0. The van der Waals surface area contributed by atoms with Crippen LogP contribution in [0.1, 0.15) is 49.7 Å². The number of halogens is 1. The summed E-state index contributed by atoms with van der Waals surface area (Å²) in [6, 6.07) is 2.15. The Morgan fingerprint density at radius 3 is 2.40 bits per heavy atom. The minimum absolute atomic E-state index is 0.213. The summed E-state index contributed by atoms with van der Waals surface area (Å²) in [5.74, 6) is 1.71. The summed E-state index contributed by atoms with van der Waals surface area (Å²) in [4.78, 5) is 0. The molecule has 1 fully saturated rings. The fourth-order valence-electron chi connectivity index (χ4n) is 3.39. The van der Waals surface area contributed by atoms with Gasteiger partial charge < -0.3 is 15.2 Å². The Hall–Kier alpha value is -0.740. The molecule has 110 valence electrons. The molecule has 0 bridgehead atoms. The van der Waals surface area contributed by atoms with Crippen LogP contribution in [0.3, 0.4) is 0 Å². The van der Waals surface area contributed by atoms with Crippen LogP contribution in [-0.2, 0) is 5.54 Å². The van der Waals surface area contributed by atoms with Crippen LogP contribution in [-0.4, -0.2) is 13.2 Å². The molecule has 0 aromatic heterocycles. The smallest absolute Gasteiger partial charge is 0.175 e. The molecular weight excluding hydrogens is 318 g/mol. The second-order valence-electron chi connectivity index (χ2n) is 5.96. The van der Waals surface area contributed by atoms with Gasteiger partial charge in [0.25, 0.3) is 0 Å². The largest absolute Gasteiger partial charge is 0.489 e. The van der Waals surface area contributed by atoms with Crippen molar-refractivity contribution in [2.75, 3.05) is 13.2 Å². The van der Waals surface area contributed by atoms with Crippen LogP contribution in [0.25, 0.3) is 0 Å². The third-order valence-electron chi connectivity index (χ3n) is 4.50. The molecule has 0 spiro atoms. The topological polar surface area (TPSA) is 44.5 Å². The van der Waals surface area contributed by atoms with Gasteiger partial charge in [-0.25, -0.2) is 0 Å². The van der Waals surface area contributed by atoms with Crippen LogP contribution < -0.4 is 15.2 Å². The van der Waals surface area contributed by atoms with Crippen LogP contribution in [0, 0.1) is 6.92 Å². The predicted octanol–water partition coefficient (Wildman–Crippen LogP) is 4.04. The SMILES string of the molecule is Cc1c(C2(N)CCCCC2)cc(Br)c2c1OCCCO2. The van der Waals surface area contributed by atoms with Crippen molar-refractivity contribution in [1.82, 2.24) is 0 Å². The van der Waals surface area contributed by atoms with Gasteiger partial charge in [-0.05, 0) is 47.3 Å². The van der Waals surface area contributed by atoms with Crippen molar-refractivity contribution >= 4 is 15.9 Å². The van der Waals surface area contributed by atoms with E-state index in [0.29, 0.717) is 13.2 Å². The zero-order chi connectivity index (χ0) is 14.2. The molecule has 20 heavy (non-hydrogen) atoms. The normalized spacial score (nSPS) is 21.4. The molecule has 0 atom stereocenters. The molecule has 0 amide bonds. The van der Waals surface area contributed by atoms with Gasteiger partial charge in [0.1, 0.15) is 0 Å². The Kier molecular flexibility index (Phi) is 3.95. The third-order valence-corrected chi connectivity index (χ3v) is 5.09. The lowest BCUT2D eigenvalue weighted by molar-refractivity contribution is 0.291. The monoisotopic (exact) mass is 339 g/mol. The van der Waals surface area contributed by atoms with Gasteiger partial charge in [-0.2, -0.15) is 0 Å². The number of ether oxygens (including phenoxy) is 2. The summed E-state index contributed by atoms with van der Waals surface area (Å²) >= 11 is 3.63. The minimum atomic E-state index is -0.213.